The topological polar surface area (TPSA) is 133 Å². The summed E-state index contributed by atoms with van der Waals surface area (Å²) in [7, 11) is 8.36. The van der Waals surface area contributed by atoms with Crippen molar-refractivity contribution in [1.29, 1.82) is 5.26 Å². The van der Waals surface area contributed by atoms with Crippen molar-refractivity contribution in [2.75, 3.05) is 42.0 Å². The molecular weight excluding hydrogens is 574 g/mol. The van der Waals surface area contributed by atoms with Gasteiger partial charge in [-0.3, -0.25) is 14.8 Å². The number of phenols is 2. The fourth-order valence-corrected chi connectivity index (χ4v) is 8.25. The van der Waals surface area contributed by atoms with E-state index in [9.17, 15) is 15.5 Å². The summed E-state index contributed by atoms with van der Waals surface area (Å²) < 4.78 is 23.3. The van der Waals surface area contributed by atoms with E-state index in [1.165, 1.54) is 7.11 Å². The third-order valence-electron chi connectivity index (χ3n) is 10.0. The van der Waals surface area contributed by atoms with Gasteiger partial charge in [-0.05, 0) is 45.9 Å². The fraction of sp³-hybridized carbons (Fsp3) is 0.471. The van der Waals surface area contributed by atoms with Crippen LogP contribution in [0.15, 0.2) is 24.4 Å². The summed E-state index contributed by atoms with van der Waals surface area (Å²) in [6.07, 6.45) is 2.72. The van der Waals surface area contributed by atoms with Crippen molar-refractivity contribution in [3.63, 3.8) is 0 Å². The third kappa shape index (κ3) is 4.54. The Morgan fingerprint density at radius 2 is 1.47 bits per heavy atom. The van der Waals surface area contributed by atoms with Gasteiger partial charge in [-0.25, -0.2) is 0 Å². The second-order valence-corrected chi connectivity index (χ2v) is 12.0. The van der Waals surface area contributed by atoms with Crippen LogP contribution in [0.3, 0.4) is 0 Å². The summed E-state index contributed by atoms with van der Waals surface area (Å²) in [4.78, 5) is 8.91. The number of aromatic hydroxyl groups is 2. The van der Waals surface area contributed by atoms with Crippen molar-refractivity contribution in [2.24, 2.45) is 0 Å². The predicted octanol–water partition coefficient (Wildman–Crippen LogP) is 3.71. The van der Waals surface area contributed by atoms with E-state index in [1.807, 2.05) is 39.1 Å². The van der Waals surface area contributed by atoms with E-state index < -0.39 is 12.1 Å². The first-order chi connectivity index (χ1) is 21.7. The lowest BCUT2D eigenvalue weighted by Gasteiger charge is -2.60. The van der Waals surface area contributed by atoms with Gasteiger partial charge in [0, 0.05) is 64.8 Å². The van der Waals surface area contributed by atoms with Gasteiger partial charge in [0.25, 0.3) is 0 Å². The van der Waals surface area contributed by atoms with E-state index in [4.69, 9.17) is 18.9 Å². The number of hydrogen-bond acceptors (Lipinski definition) is 11. The van der Waals surface area contributed by atoms with Crippen molar-refractivity contribution < 1.29 is 29.2 Å². The smallest absolute Gasteiger partial charge is 0.167 e. The summed E-state index contributed by atoms with van der Waals surface area (Å²) in [6.45, 7) is 4.68. The Labute approximate surface area is 263 Å². The van der Waals surface area contributed by atoms with Crippen LogP contribution in [0.2, 0.25) is 0 Å². The average molecular weight is 616 g/mol. The molecule has 2 aromatic carbocycles. The highest BCUT2D eigenvalue weighted by Gasteiger charge is 2.57. The number of nitrogens with one attached hydrogen (secondary N) is 1. The first-order valence-corrected chi connectivity index (χ1v) is 15.2. The summed E-state index contributed by atoms with van der Waals surface area (Å²) in [5.74, 6) is 2.20. The van der Waals surface area contributed by atoms with E-state index in [0.29, 0.717) is 60.1 Å². The number of likely N-dealkylation sites (N-methyl/N-ethyl adjacent to an activating group) is 1. The maximum absolute atomic E-state index is 11.8. The molecule has 238 valence electrons. The Bertz CT molecular complexity index is 1660. The molecule has 3 N–H and O–H groups in total. The largest absolute Gasteiger partial charge is 0.504 e. The molecule has 11 nitrogen and oxygen atoms in total. The number of nitriles is 1. The standard InChI is InChI=1S/C34H41N5O6/c1-17-31(42-4)20-13-23-28-27-21(32(43-5)18(2)34(45-7)30(27)41)12-22(38(28)3)24(14-35)39(23)25(26(20)29(40)33(17)44-6)16-36-15-19-10-8-9-11-37-19/h8-11,22-25,28,36,40-41H,12-13,15-16H2,1-7H3/t22-,23+,24+,25+,28-/m1/s1. The normalized spacial score (nSPS) is 23.7. The SMILES string of the molecule is COc1c(C)c(OC)c2c(c1O)[C@H]1[C@@H]3Cc4c(OC)c(C)c(OC)c(O)c4[C@H](CNCc4ccccn4)N3[C@@H](C#N)[C@@H](C2)N1C. The van der Waals surface area contributed by atoms with Crippen molar-refractivity contribution >= 4 is 0 Å². The number of piperazine rings is 1. The number of fused-ring (bicyclic) bond motifs is 7. The minimum atomic E-state index is -0.536. The minimum absolute atomic E-state index is 0.0527. The maximum Gasteiger partial charge on any atom is 0.167 e. The van der Waals surface area contributed by atoms with Crippen molar-refractivity contribution in [1.82, 2.24) is 20.1 Å². The number of aromatic nitrogens is 1. The molecule has 6 rings (SSSR count). The first-order valence-electron chi connectivity index (χ1n) is 15.2. The highest BCUT2D eigenvalue weighted by molar-refractivity contribution is 5.67. The lowest BCUT2D eigenvalue weighted by molar-refractivity contribution is -0.0729. The molecule has 0 unspecified atom stereocenters. The zero-order chi connectivity index (χ0) is 32.2. The zero-order valence-corrected chi connectivity index (χ0v) is 26.8. The van der Waals surface area contributed by atoms with E-state index in [0.717, 1.165) is 27.9 Å². The zero-order valence-electron chi connectivity index (χ0n) is 26.8. The van der Waals surface area contributed by atoms with Gasteiger partial charge in [0.1, 0.15) is 17.5 Å². The maximum atomic E-state index is 11.8. The van der Waals surface area contributed by atoms with Crippen molar-refractivity contribution in [3.8, 4) is 40.6 Å². The molecule has 11 heteroatoms. The molecule has 2 bridgehead atoms. The Balaban J connectivity index is 1.57. The van der Waals surface area contributed by atoms with Gasteiger partial charge in [0.2, 0.25) is 0 Å². The summed E-state index contributed by atoms with van der Waals surface area (Å²) in [5, 5.41) is 38.0. The molecule has 3 aromatic rings. The lowest BCUT2D eigenvalue weighted by Crippen LogP contribution is -2.68. The van der Waals surface area contributed by atoms with Gasteiger partial charge in [0.15, 0.2) is 23.0 Å². The second-order valence-electron chi connectivity index (χ2n) is 12.0. The second kappa shape index (κ2) is 11.9. The van der Waals surface area contributed by atoms with Crippen LogP contribution >= 0.6 is 0 Å². The van der Waals surface area contributed by atoms with Crippen LogP contribution in [0, 0.1) is 25.2 Å². The summed E-state index contributed by atoms with van der Waals surface area (Å²) >= 11 is 0. The van der Waals surface area contributed by atoms with E-state index >= 15 is 0 Å². The molecule has 1 saturated heterocycles. The lowest BCUT2D eigenvalue weighted by atomic mass is 9.71. The van der Waals surface area contributed by atoms with Crippen LogP contribution in [0.4, 0.5) is 0 Å². The third-order valence-corrected chi connectivity index (χ3v) is 10.0. The predicted molar refractivity (Wildman–Crippen MR) is 167 cm³/mol. The Morgan fingerprint density at radius 3 is 2.02 bits per heavy atom. The highest BCUT2D eigenvalue weighted by Crippen LogP contribution is 2.58. The van der Waals surface area contributed by atoms with Crippen LogP contribution < -0.4 is 24.3 Å². The highest BCUT2D eigenvalue weighted by atomic mass is 16.5. The number of rotatable bonds is 8. The van der Waals surface area contributed by atoms with Gasteiger partial charge in [-0.1, -0.05) is 6.07 Å². The molecule has 1 fully saturated rings. The number of nitrogens with zero attached hydrogens (tertiary/aromatic N) is 4. The number of benzene rings is 2. The van der Waals surface area contributed by atoms with Gasteiger partial charge < -0.3 is 34.5 Å². The van der Waals surface area contributed by atoms with Crippen molar-refractivity contribution in [3.05, 3.63) is 63.5 Å². The fourth-order valence-electron chi connectivity index (χ4n) is 8.25. The summed E-state index contributed by atoms with van der Waals surface area (Å²) in [6, 6.07) is 6.67. The average Bonchev–Trinajstić information content (AvgIpc) is 3.03. The number of ether oxygens (including phenoxy) is 4. The van der Waals surface area contributed by atoms with Crippen molar-refractivity contribution in [2.45, 2.75) is 63.4 Å². The molecule has 1 aromatic heterocycles. The monoisotopic (exact) mass is 615 g/mol. The molecule has 0 spiro atoms. The van der Waals surface area contributed by atoms with Gasteiger partial charge in [-0.15, -0.1) is 0 Å². The molecule has 45 heavy (non-hydrogen) atoms. The molecule has 5 atom stereocenters. The number of methoxy groups -OCH3 is 4. The molecule has 3 aliphatic rings. The molecule has 0 amide bonds. The Kier molecular flexibility index (Phi) is 8.16. The molecule has 0 radical (unpaired) electrons. The first kappa shape index (κ1) is 30.8. The van der Waals surface area contributed by atoms with Crippen LogP contribution in [0.25, 0.3) is 0 Å². The Hall–Kier alpha value is -4.24. The van der Waals surface area contributed by atoms with E-state index in [1.54, 1.807) is 27.5 Å². The van der Waals surface area contributed by atoms with Crippen LogP contribution in [-0.4, -0.2) is 85.2 Å². The molecule has 0 saturated carbocycles. The molecule has 4 heterocycles. The van der Waals surface area contributed by atoms with Gasteiger partial charge in [-0.2, -0.15) is 5.26 Å². The van der Waals surface area contributed by atoms with Gasteiger partial charge >= 0.3 is 0 Å². The minimum Gasteiger partial charge on any atom is -0.504 e. The van der Waals surface area contributed by atoms with Crippen LogP contribution in [0.1, 0.15) is 51.2 Å². The number of hydrogen-bond donors (Lipinski definition) is 3. The van der Waals surface area contributed by atoms with E-state index in [2.05, 4.69) is 26.2 Å². The van der Waals surface area contributed by atoms with E-state index in [-0.39, 0.29) is 29.6 Å². The molecule has 3 aliphatic heterocycles. The van der Waals surface area contributed by atoms with Gasteiger partial charge in [0.05, 0.1) is 52.3 Å². The van der Waals surface area contributed by atoms with Crippen LogP contribution in [-0.2, 0) is 19.4 Å². The Morgan fingerprint density at radius 1 is 0.889 bits per heavy atom. The quantitative estimate of drug-likeness (QED) is 0.343. The number of pyridine rings is 1. The number of phenolic OH excluding ortho intramolecular Hbond substituents is 2. The molecular formula is C34H41N5O6. The molecule has 0 aliphatic carbocycles. The summed E-state index contributed by atoms with van der Waals surface area (Å²) in [5.41, 5.74) is 5.51. The van der Waals surface area contributed by atoms with Crippen LogP contribution in [0.5, 0.6) is 34.5 Å².